The molecule has 1 aliphatic rings. The Kier molecular flexibility index (Phi) is 8.63. The molecule has 3 aromatic rings. The zero-order valence-corrected chi connectivity index (χ0v) is 22.6. The highest BCUT2D eigenvalue weighted by Gasteiger charge is 2.35. The minimum atomic E-state index is -4.56. The first-order chi connectivity index (χ1) is 18.4. The maximum absolute atomic E-state index is 13.9. The van der Waals surface area contributed by atoms with Gasteiger partial charge in [0, 0.05) is 55.7 Å². The minimum absolute atomic E-state index is 0.0271. The van der Waals surface area contributed by atoms with Crippen LogP contribution in [0.4, 0.5) is 29.3 Å². The number of carbonyl (C=O) groups is 1. The highest BCUT2D eigenvalue weighted by atomic mass is 35.5. The molecule has 2 heterocycles. The van der Waals surface area contributed by atoms with Crippen molar-refractivity contribution in [3.05, 3.63) is 71.1 Å². The molecule has 0 bridgehead atoms. The molecule has 1 fully saturated rings. The largest absolute Gasteiger partial charge is 0.439 e. The molecule has 0 spiro atoms. The number of amides is 2. The number of urea groups is 1. The van der Waals surface area contributed by atoms with Gasteiger partial charge in [0.15, 0.2) is 0 Å². The Hall–Kier alpha value is -3.41. The highest BCUT2D eigenvalue weighted by Crippen LogP contribution is 2.35. The Morgan fingerprint density at radius 2 is 1.59 bits per heavy atom. The number of carbonyl (C=O) groups excluding carboxylic acids is 1. The summed E-state index contributed by atoms with van der Waals surface area (Å²) in [5.41, 5.74) is -0.0910. The van der Waals surface area contributed by atoms with Gasteiger partial charge in [-0.2, -0.15) is 13.2 Å². The molecule has 0 saturated carbocycles. The molecule has 2 N–H and O–H groups in total. The van der Waals surface area contributed by atoms with Crippen molar-refractivity contribution >= 4 is 29.0 Å². The molecule has 1 aliphatic heterocycles. The second kappa shape index (κ2) is 11.8. The number of hydrogen-bond acceptors (Lipinski definition) is 6. The summed E-state index contributed by atoms with van der Waals surface area (Å²) in [7, 11) is 0. The van der Waals surface area contributed by atoms with Gasteiger partial charge in [-0.25, -0.2) is 14.8 Å². The Bertz CT molecular complexity index is 1290. The van der Waals surface area contributed by atoms with E-state index in [1.54, 1.807) is 24.3 Å². The third-order valence-corrected chi connectivity index (χ3v) is 6.54. The van der Waals surface area contributed by atoms with E-state index >= 15 is 0 Å². The number of rotatable bonds is 6. The number of nitrogens with one attached hydrogen (secondary N) is 2. The monoisotopic (exact) mass is 562 g/mol. The number of anilines is 2. The van der Waals surface area contributed by atoms with Gasteiger partial charge in [-0.3, -0.25) is 9.80 Å². The fraction of sp³-hybridized carbons (Fsp3) is 0.370. The van der Waals surface area contributed by atoms with E-state index in [-0.39, 0.29) is 34.4 Å². The van der Waals surface area contributed by atoms with Crippen LogP contribution in [0.5, 0.6) is 11.6 Å². The van der Waals surface area contributed by atoms with Crippen molar-refractivity contribution in [3.8, 4) is 11.6 Å². The second-order valence-corrected chi connectivity index (χ2v) is 10.6. The molecule has 2 aromatic carbocycles. The van der Waals surface area contributed by atoms with Crippen LogP contribution >= 0.6 is 11.6 Å². The van der Waals surface area contributed by atoms with Gasteiger partial charge < -0.3 is 15.4 Å². The molecule has 0 unspecified atom stereocenters. The van der Waals surface area contributed by atoms with E-state index < -0.39 is 17.8 Å². The predicted molar refractivity (Wildman–Crippen MR) is 144 cm³/mol. The van der Waals surface area contributed by atoms with Gasteiger partial charge in [-0.1, -0.05) is 17.7 Å². The molecule has 2 amide bonds. The van der Waals surface area contributed by atoms with Crippen LogP contribution < -0.4 is 15.4 Å². The topological polar surface area (TPSA) is 82.6 Å². The first-order valence-corrected chi connectivity index (χ1v) is 12.8. The molecular formula is C27H30ClF3N6O2. The standard InChI is InChI=1S/C27H30ClF3N6O2/c1-26(2,3)37-12-10-36(11-13-37)16-18-4-5-20(14-22(18)27(29,30)31)35-25(38)34-19-6-8-21(9-7-19)39-24-15-23(28)32-17-33-24/h4-9,14-15,17H,10-13,16H2,1-3H3,(H2,34,35,38). The SMILES string of the molecule is CC(C)(C)N1CCN(Cc2ccc(NC(=O)Nc3ccc(Oc4cc(Cl)ncn4)cc3)cc2C(F)(F)F)CC1. The van der Waals surface area contributed by atoms with E-state index in [0.717, 1.165) is 19.2 Å². The van der Waals surface area contributed by atoms with Gasteiger partial charge in [-0.15, -0.1) is 0 Å². The molecule has 0 radical (unpaired) electrons. The van der Waals surface area contributed by atoms with Gasteiger partial charge in [0.2, 0.25) is 5.88 Å². The van der Waals surface area contributed by atoms with Crippen LogP contribution in [-0.2, 0) is 12.7 Å². The molecule has 0 atom stereocenters. The summed E-state index contributed by atoms with van der Waals surface area (Å²) < 4.78 is 47.3. The Labute approximate surface area is 230 Å². The lowest BCUT2D eigenvalue weighted by atomic mass is 10.0. The average Bonchev–Trinajstić information content (AvgIpc) is 2.85. The van der Waals surface area contributed by atoms with Crippen LogP contribution in [0.15, 0.2) is 54.9 Å². The molecular weight excluding hydrogens is 533 g/mol. The van der Waals surface area contributed by atoms with Gasteiger partial charge in [-0.05, 0) is 62.7 Å². The number of piperazine rings is 1. The average molecular weight is 563 g/mol. The summed E-state index contributed by atoms with van der Waals surface area (Å²) in [5.74, 6) is 0.700. The summed E-state index contributed by atoms with van der Waals surface area (Å²) in [6.07, 6.45) is -3.29. The Balaban J connectivity index is 1.37. The number of nitrogens with zero attached hydrogens (tertiary/aromatic N) is 4. The minimum Gasteiger partial charge on any atom is -0.439 e. The second-order valence-electron chi connectivity index (χ2n) is 10.2. The number of alkyl halides is 3. The van der Waals surface area contributed by atoms with Crippen molar-refractivity contribution in [3.63, 3.8) is 0 Å². The third-order valence-electron chi connectivity index (χ3n) is 6.33. The Morgan fingerprint density at radius 3 is 2.21 bits per heavy atom. The summed E-state index contributed by atoms with van der Waals surface area (Å²) >= 11 is 5.81. The molecule has 8 nitrogen and oxygen atoms in total. The quantitative estimate of drug-likeness (QED) is 0.334. The predicted octanol–water partition coefficient (Wildman–Crippen LogP) is 6.50. The summed E-state index contributed by atoms with van der Waals surface area (Å²) in [6.45, 7) is 9.56. The number of hydrogen-bond donors (Lipinski definition) is 2. The number of benzene rings is 2. The van der Waals surface area contributed by atoms with Crippen molar-refractivity contribution < 1.29 is 22.7 Å². The van der Waals surface area contributed by atoms with Crippen molar-refractivity contribution in [2.45, 2.75) is 39.0 Å². The van der Waals surface area contributed by atoms with Crippen LogP contribution in [0.3, 0.4) is 0 Å². The van der Waals surface area contributed by atoms with E-state index in [9.17, 15) is 18.0 Å². The lowest BCUT2D eigenvalue weighted by molar-refractivity contribution is -0.138. The van der Waals surface area contributed by atoms with Crippen molar-refractivity contribution in [1.82, 2.24) is 19.8 Å². The molecule has 4 rings (SSSR count). The van der Waals surface area contributed by atoms with E-state index in [1.807, 2.05) is 4.90 Å². The summed E-state index contributed by atoms with van der Waals surface area (Å²) in [6, 6.07) is 11.0. The normalized spacial score (nSPS) is 15.2. The van der Waals surface area contributed by atoms with E-state index in [4.69, 9.17) is 16.3 Å². The van der Waals surface area contributed by atoms with Crippen molar-refractivity contribution in [2.75, 3.05) is 36.8 Å². The maximum atomic E-state index is 13.9. The van der Waals surface area contributed by atoms with E-state index in [2.05, 4.69) is 46.3 Å². The third kappa shape index (κ3) is 8.04. The summed E-state index contributed by atoms with van der Waals surface area (Å²) in [5, 5.41) is 5.31. The van der Waals surface area contributed by atoms with Crippen molar-refractivity contribution in [2.24, 2.45) is 0 Å². The lowest BCUT2D eigenvalue weighted by Crippen LogP contribution is -2.53. The molecule has 12 heteroatoms. The van der Waals surface area contributed by atoms with Gasteiger partial charge in [0.05, 0.1) is 5.56 Å². The van der Waals surface area contributed by atoms with Gasteiger partial charge in [0.1, 0.15) is 17.2 Å². The zero-order valence-electron chi connectivity index (χ0n) is 21.8. The van der Waals surface area contributed by atoms with E-state index in [1.165, 1.54) is 24.5 Å². The van der Waals surface area contributed by atoms with Crippen LogP contribution in [-0.4, -0.2) is 57.5 Å². The molecule has 1 aromatic heterocycles. The first kappa shape index (κ1) is 28.6. The van der Waals surface area contributed by atoms with Crippen LogP contribution in [0.25, 0.3) is 0 Å². The number of halogens is 4. The van der Waals surface area contributed by atoms with Crippen LogP contribution in [0.2, 0.25) is 5.15 Å². The van der Waals surface area contributed by atoms with Gasteiger partial charge >= 0.3 is 12.2 Å². The van der Waals surface area contributed by atoms with Gasteiger partial charge in [0.25, 0.3) is 0 Å². The highest BCUT2D eigenvalue weighted by molar-refractivity contribution is 6.29. The van der Waals surface area contributed by atoms with Crippen molar-refractivity contribution in [1.29, 1.82) is 0 Å². The Morgan fingerprint density at radius 1 is 0.949 bits per heavy atom. The number of ether oxygens (including phenoxy) is 1. The zero-order chi connectivity index (χ0) is 28.2. The van der Waals surface area contributed by atoms with E-state index in [0.29, 0.717) is 24.5 Å². The summed E-state index contributed by atoms with van der Waals surface area (Å²) in [4.78, 5) is 24.6. The first-order valence-electron chi connectivity index (χ1n) is 12.4. The number of aromatic nitrogens is 2. The molecule has 39 heavy (non-hydrogen) atoms. The fourth-order valence-electron chi connectivity index (χ4n) is 4.27. The smallest absolute Gasteiger partial charge is 0.416 e. The van der Waals surface area contributed by atoms with Crippen LogP contribution in [0.1, 0.15) is 31.9 Å². The lowest BCUT2D eigenvalue weighted by Gasteiger charge is -2.42. The maximum Gasteiger partial charge on any atom is 0.416 e. The molecule has 208 valence electrons. The molecule has 0 aliphatic carbocycles. The molecule has 1 saturated heterocycles. The fourth-order valence-corrected chi connectivity index (χ4v) is 4.40. The van der Waals surface area contributed by atoms with Crippen LogP contribution in [0, 0.1) is 0 Å².